The van der Waals surface area contributed by atoms with Gasteiger partial charge in [0.1, 0.15) is 11.4 Å². The minimum atomic E-state index is -3.77. The van der Waals surface area contributed by atoms with Crippen molar-refractivity contribution in [3.63, 3.8) is 0 Å². The van der Waals surface area contributed by atoms with Crippen molar-refractivity contribution in [1.29, 1.82) is 0 Å². The number of benzene rings is 2. The van der Waals surface area contributed by atoms with Gasteiger partial charge in [-0.25, -0.2) is 8.42 Å². The van der Waals surface area contributed by atoms with E-state index in [0.29, 0.717) is 40.5 Å². The first kappa shape index (κ1) is 23.6. The van der Waals surface area contributed by atoms with Crippen LogP contribution in [0.3, 0.4) is 0 Å². The Labute approximate surface area is 198 Å². The van der Waals surface area contributed by atoms with Crippen LogP contribution < -0.4 is 5.56 Å². The van der Waals surface area contributed by atoms with Gasteiger partial charge in [0.2, 0.25) is 10.0 Å². The molecule has 0 fully saturated rings. The monoisotopic (exact) mass is 478 g/mol. The lowest BCUT2D eigenvalue weighted by Crippen LogP contribution is -2.31. The lowest BCUT2D eigenvalue weighted by atomic mass is 10.1. The summed E-state index contributed by atoms with van der Waals surface area (Å²) in [5, 5.41) is 8.39. The molecule has 0 saturated carbocycles. The topological polar surface area (TPSA) is 98.3 Å². The Morgan fingerprint density at radius 3 is 2.38 bits per heavy atom. The average Bonchev–Trinajstić information content (AvgIpc) is 3.16. The van der Waals surface area contributed by atoms with Crippen molar-refractivity contribution >= 4 is 10.0 Å². The van der Waals surface area contributed by atoms with Gasteiger partial charge in [-0.3, -0.25) is 4.79 Å². The van der Waals surface area contributed by atoms with Crippen molar-refractivity contribution in [2.24, 2.45) is 0 Å². The normalized spacial score (nSPS) is 11.8. The van der Waals surface area contributed by atoms with Gasteiger partial charge in [0.25, 0.3) is 5.56 Å². The zero-order valence-electron chi connectivity index (χ0n) is 19.5. The van der Waals surface area contributed by atoms with Crippen molar-refractivity contribution in [3.05, 3.63) is 93.6 Å². The van der Waals surface area contributed by atoms with Gasteiger partial charge in [-0.15, -0.1) is 0 Å². The van der Waals surface area contributed by atoms with Gasteiger partial charge in [0, 0.05) is 24.7 Å². The van der Waals surface area contributed by atoms with Crippen molar-refractivity contribution in [3.8, 4) is 16.9 Å². The van der Waals surface area contributed by atoms with E-state index in [-0.39, 0.29) is 17.0 Å². The average molecular weight is 479 g/mol. The molecule has 34 heavy (non-hydrogen) atoms. The summed E-state index contributed by atoms with van der Waals surface area (Å²) in [4.78, 5) is 12.7. The zero-order chi connectivity index (χ0) is 24.5. The van der Waals surface area contributed by atoms with Crippen LogP contribution in [-0.2, 0) is 16.6 Å². The van der Waals surface area contributed by atoms with E-state index < -0.39 is 10.0 Å². The third kappa shape index (κ3) is 4.44. The number of nitrogens with zero attached hydrogens (tertiary/aromatic N) is 4. The molecule has 0 bridgehead atoms. The summed E-state index contributed by atoms with van der Waals surface area (Å²) in [7, 11) is -3.77. The predicted octanol–water partition coefficient (Wildman–Crippen LogP) is 4.02. The van der Waals surface area contributed by atoms with E-state index in [4.69, 9.17) is 4.52 Å². The van der Waals surface area contributed by atoms with Crippen LogP contribution in [0, 0.1) is 20.8 Å². The van der Waals surface area contributed by atoms with Crippen molar-refractivity contribution in [2.75, 3.05) is 6.54 Å². The van der Waals surface area contributed by atoms with Crippen molar-refractivity contribution < 1.29 is 12.9 Å². The molecule has 0 aliphatic heterocycles. The van der Waals surface area contributed by atoms with E-state index in [1.54, 1.807) is 45.0 Å². The Balaban J connectivity index is 1.77. The highest BCUT2D eigenvalue weighted by atomic mass is 32.2. The summed E-state index contributed by atoms with van der Waals surface area (Å²) >= 11 is 0. The highest BCUT2D eigenvalue weighted by molar-refractivity contribution is 7.89. The lowest BCUT2D eigenvalue weighted by molar-refractivity contribution is 0.392. The maximum atomic E-state index is 13.6. The lowest BCUT2D eigenvalue weighted by Gasteiger charge is -2.22. The second-order valence-corrected chi connectivity index (χ2v) is 9.94. The van der Waals surface area contributed by atoms with Crippen LogP contribution in [0.15, 0.2) is 74.9 Å². The van der Waals surface area contributed by atoms with E-state index >= 15 is 0 Å². The molecular weight excluding hydrogens is 452 g/mol. The molecule has 4 aromatic rings. The standard InChI is InChI=1S/C25H26N4O4S/c1-5-28(16-20-9-7-6-8-10-20)34(31,32)23-15-21(12-11-17(23)2)22-13-14-24(30)29(26-22)25-18(3)27-33-19(25)4/h6-15H,5,16H2,1-4H3. The van der Waals surface area contributed by atoms with E-state index in [0.717, 1.165) is 5.56 Å². The van der Waals surface area contributed by atoms with Crippen LogP contribution in [0.25, 0.3) is 16.9 Å². The molecule has 0 N–H and O–H groups in total. The molecule has 2 aromatic heterocycles. The Morgan fingerprint density at radius 2 is 1.74 bits per heavy atom. The van der Waals surface area contributed by atoms with E-state index in [1.807, 2.05) is 37.3 Å². The number of rotatable bonds is 7. The van der Waals surface area contributed by atoms with Gasteiger partial charge in [-0.1, -0.05) is 54.5 Å². The number of sulfonamides is 1. The maximum Gasteiger partial charge on any atom is 0.271 e. The van der Waals surface area contributed by atoms with Gasteiger partial charge in [-0.05, 0) is 44.0 Å². The Morgan fingerprint density at radius 1 is 1.00 bits per heavy atom. The summed E-state index contributed by atoms with van der Waals surface area (Å²) in [5.74, 6) is 0.468. The minimum absolute atomic E-state index is 0.208. The SMILES string of the molecule is CCN(Cc1ccccc1)S(=O)(=O)c1cc(-c2ccc(=O)n(-c3c(C)noc3C)n2)ccc1C. The van der Waals surface area contributed by atoms with E-state index in [9.17, 15) is 13.2 Å². The molecule has 0 amide bonds. The first-order valence-electron chi connectivity index (χ1n) is 10.9. The molecule has 9 heteroatoms. The van der Waals surface area contributed by atoms with Crippen LogP contribution in [0.5, 0.6) is 0 Å². The van der Waals surface area contributed by atoms with Crippen LogP contribution in [0.1, 0.15) is 29.5 Å². The fourth-order valence-corrected chi connectivity index (χ4v) is 5.52. The molecule has 0 radical (unpaired) electrons. The summed E-state index contributed by atoms with van der Waals surface area (Å²) in [6.45, 7) is 7.63. The number of hydrogen-bond acceptors (Lipinski definition) is 6. The van der Waals surface area contributed by atoms with Crippen LogP contribution >= 0.6 is 0 Å². The largest absolute Gasteiger partial charge is 0.359 e. The van der Waals surface area contributed by atoms with Crippen LogP contribution in [0.4, 0.5) is 0 Å². The van der Waals surface area contributed by atoms with Crippen LogP contribution in [0.2, 0.25) is 0 Å². The third-order valence-corrected chi connectivity index (χ3v) is 7.73. The molecule has 0 saturated heterocycles. The first-order chi connectivity index (χ1) is 16.2. The molecule has 2 heterocycles. The molecule has 0 spiro atoms. The van der Waals surface area contributed by atoms with Gasteiger partial charge in [0.15, 0.2) is 5.76 Å². The Kier molecular flexibility index (Phi) is 6.49. The smallest absolute Gasteiger partial charge is 0.271 e. The summed E-state index contributed by atoms with van der Waals surface area (Å²) in [6, 6.07) is 17.6. The van der Waals surface area contributed by atoms with Gasteiger partial charge < -0.3 is 4.52 Å². The summed E-state index contributed by atoms with van der Waals surface area (Å²) < 4.78 is 35.1. The highest BCUT2D eigenvalue weighted by Gasteiger charge is 2.26. The number of aryl methyl sites for hydroxylation is 3. The van der Waals surface area contributed by atoms with Crippen molar-refractivity contribution in [2.45, 2.75) is 39.1 Å². The highest BCUT2D eigenvalue weighted by Crippen LogP contribution is 2.27. The minimum Gasteiger partial charge on any atom is -0.359 e. The Bertz CT molecular complexity index is 1470. The summed E-state index contributed by atoms with van der Waals surface area (Å²) in [5.41, 5.74) is 3.27. The second kappa shape index (κ2) is 9.36. The molecule has 0 aliphatic carbocycles. The van der Waals surface area contributed by atoms with Gasteiger partial charge in [0.05, 0.1) is 10.6 Å². The molecule has 4 rings (SSSR count). The predicted molar refractivity (Wildman–Crippen MR) is 129 cm³/mol. The molecule has 176 valence electrons. The molecule has 0 atom stereocenters. The first-order valence-corrected chi connectivity index (χ1v) is 12.3. The number of aromatic nitrogens is 3. The van der Waals surface area contributed by atoms with Gasteiger partial charge >= 0.3 is 0 Å². The Hall–Kier alpha value is -3.56. The fourth-order valence-electron chi connectivity index (χ4n) is 3.84. The third-order valence-electron chi connectivity index (χ3n) is 5.66. The molecular formula is C25H26N4O4S. The zero-order valence-corrected chi connectivity index (χ0v) is 20.3. The van der Waals surface area contributed by atoms with Crippen LogP contribution in [-0.4, -0.2) is 34.2 Å². The molecule has 0 unspecified atom stereocenters. The van der Waals surface area contributed by atoms with Gasteiger partial charge in [-0.2, -0.15) is 14.1 Å². The molecule has 8 nitrogen and oxygen atoms in total. The second-order valence-electron chi connectivity index (χ2n) is 8.04. The number of hydrogen-bond donors (Lipinski definition) is 0. The van der Waals surface area contributed by atoms with E-state index in [1.165, 1.54) is 15.1 Å². The summed E-state index contributed by atoms with van der Waals surface area (Å²) in [6.07, 6.45) is 0. The quantitative estimate of drug-likeness (QED) is 0.398. The maximum absolute atomic E-state index is 13.6. The van der Waals surface area contributed by atoms with E-state index in [2.05, 4.69) is 10.3 Å². The molecule has 2 aromatic carbocycles. The molecule has 0 aliphatic rings. The van der Waals surface area contributed by atoms with Crippen molar-refractivity contribution in [1.82, 2.24) is 19.2 Å². The fraction of sp³-hybridized carbons (Fsp3) is 0.240.